The molecule has 0 aromatic rings. The Hall–Kier alpha value is -3.30. The van der Waals surface area contributed by atoms with E-state index in [1.807, 2.05) is 32.1 Å². The van der Waals surface area contributed by atoms with Crippen LogP contribution in [0.5, 0.6) is 0 Å². The van der Waals surface area contributed by atoms with Gasteiger partial charge >= 0.3 is 5.97 Å². The van der Waals surface area contributed by atoms with E-state index in [1.165, 1.54) is 11.0 Å². The summed E-state index contributed by atoms with van der Waals surface area (Å²) in [4.78, 5) is 57.4. The Kier molecular flexibility index (Phi) is 19.7. The van der Waals surface area contributed by atoms with Gasteiger partial charge in [-0.05, 0) is 107 Å². The first kappa shape index (κ1) is 52.3. The predicted octanol–water partition coefficient (Wildman–Crippen LogP) is 5.86. The Morgan fingerprint density at radius 1 is 0.889 bits per heavy atom. The van der Waals surface area contributed by atoms with Crippen LogP contribution in [-0.2, 0) is 33.4 Å². The first-order chi connectivity index (χ1) is 29.7. The first-order valence-corrected chi connectivity index (χ1v) is 23.3. The zero-order valence-electron chi connectivity index (χ0n) is 39.0. The summed E-state index contributed by atoms with van der Waals surface area (Å²) < 4.78 is 18.1. The summed E-state index contributed by atoms with van der Waals surface area (Å²) in [7, 11) is 1.57. The summed E-state index contributed by atoms with van der Waals surface area (Å²) in [6.45, 7) is 16.6. The molecule has 5 N–H and O–H groups in total. The molecule has 15 atom stereocenters. The van der Waals surface area contributed by atoms with Gasteiger partial charge in [-0.15, -0.1) is 0 Å². The Balaban J connectivity index is 1.67. The SMILES string of the molecule is C=C1C(=O)N2CCCC[C@H]2C(=O)O[C@H]([C@H](C)C[C@H]2CC[C@@H](O)[C@H](OC)C2)CC(=O)[C@H](C)/C=C(\C)[C@@H](O)[C@@H](O)C(=O)[C@H](C)C[C@H](C)/C=C/C=C/C=C(\C)[C@@H](O)C[C@@H]2CC[C@@H](C)[C@@]1(O)O2. The lowest BCUT2D eigenvalue weighted by molar-refractivity contribution is -0.259. The van der Waals surface area contributed by atoms with Crippen molar-refractivity contribution >= 4 is 23.4 Å². The van der Waals surface area contributed by atoms with Crippen molar-refractivity contribution in [1.29, 1.82) is 0 Å². The number of ketones is 2. The molecule has 2 bridgehead atoms. The van der Waals surface area contributed by atoms with Crippen LogP contribution in [0.15, 0.2) is 59.8 Å². The van der Waals surface area contributed by atoms with Crippen LogP contribution in [-0.4, -0.2) is 122 Å². The number of cyclic esters (lactones) is 1. The number of allylic oxidation sites excluding steroid dienone is 6. The molecule has 3 heterocycles. The molecule has 0 aromatic carbocycles. The first-order valence-electron chi connectivity index (χ1n) is 23.3. The fourth-order valence-electron chi connectivity index (χ4n) is 9.76. The number of hydrogen-bond acceptors (Lipinski definition) is 12. The number of ether oxygens (including phenoxy) is 3. The number of carbonyl (C=O) groups is 4. The molecule has 3 fully saturated rings. The molecule has 0 radical (unpaired) electrons. The van der Waals surface area contributed by atoms with Crippen molar-refractivity contribution in [3.8, 4) is 0 Å². The lowest BCUT2D eigenvalue weighted by atomic mass is 9.78. The van der Waals surface area contributed by atoms with E-state index in [4.69, 9.17) is 14.2 Å². The predicted molar refractivity (Wildman–Crippen MR) is 240 cm³/mol. The minimum atomic E-state index is -2.04. The van der Waals surface area contributed by atoms with Gasteiger partial charge in [-0.2, -0.15) is 0 Å². The van der Waals surface area contributed by atoms with E-state index in [9.17, 15) is 44.7 Å². The Labute approximate surface area is 375 Å². The molecule has 354 valence electrons. The lowest BCUT2D eigenvalue weighted by Crippen LogP contribution is -2.56. The molecule has 1 amide bonds. The van der Waals surface area contributed by atoms with Gasteiger partial charge in [0.2, 0.25) is 0 Å². The highest BCUT2D eigenvalue weighted by atomic mass is 16.6. The maximum atomic E-state index is 14.4. The fourth-order valence-corrected chi connectivity index (χ4v) is 9.76. The number of rotatable bonds is 4. The van der Waals surface area contributed by atoms with Gasteiger partial charge in [0.05, 0.1) is 30.0 Å². The molecular weight excluding hydrogens is 807 g/mol. The summed E-state index contributed by atoms with van der Waals surface area (Å²) in [5.74, 6) is -6.22. The lowest BCUT2D eigenvalue weighted by Gasteiger charge is -2.45. The Bertz CT molecular complexity index is 1720. The number of esters is 1. The highest BCUT2D eigenvalue weighted by molar-refractivity contribution is 5.97. The quantitative estimate of drug-likeness (QED) is 0.128. The Morgan fingerprint density at radius 3 is 2.30 bits per heavy atom. The monoisotopic (exact) mass is 884 g/mol. The van der Waals surface area contributed by atoms with Crippen LogP contribution in [0.1, 0.15) is 126 Å². The normalized spacial score (nSPS) is 41.3. The van der Waals surface area contributed by atoms with Crippen LogP contribution in [0.25, 0.3) is 0 Å². The highest BCUT2D eigenvalue weighted by Gasteiger charge is 2.49. The van der Waals surface area contributed by atoms with Crippen LogP contribution in [0, 0.1) is 35.5 Å². The van der Waals surface area contributed by atoms with Crippen LogP contribution in [0.2, 0.25) is 0 Å². The molecule has 13 nitrogen and oxygen atoms in total. The third-order valence-electron chi connectivity index (χ3n) is 14.2. The van der Waals surface area contributed by atoms with Crippen LogP contribution >= 0.6 is 0 Å². The number of Topliss-reactive ketones (excluding diaryl/α,β-unsaturated/α-hetero) is 2. The molecule has 1 saturated carbocycles. The fraction of sp³-hybridized carbons (Fsp3) is 0.720. The average molecular weight is 884 g/mol. The van der Waals surface area contributed by atoms with Gasteiger partial charge in [0.25, 0.3) is 5.91 Å². The molecule has 0 unspecified atom stereocenters. The summed E-state index contributed by atoms with van der Waals surface area (Å²) in [5, 5.41) is 55.7. The molecule has 13 heteroatoms. The van der Waals surface area contributed by atoms with Crippen LogP contribution in [0.3, 0.4) is 0 Å². The number of methoxy groups -OCH3 is 1. The van der Waals surface area contributed by atoms with E-state index in [-0.39, 0.29) is 60.2 Å². The number of aliphatic hydroxyl groups is 5. The van der Waals surface area contributed by atoms with Crippen molar-refractivity contribution in [2.45, 2.75) is 180 Å². The van der Waals surface area contributed by atoms with E-state index in [2.05, 4.69) is 6.58 Å². The number of nitrogens with zero attached hydrogens (tertiary/aromatic N) is 1. The molecule has 63 heavy (non-hydrogen) atoms. The summed E-state index contributed by atoms with van der Waals surface area (Å²) in [6.07, 6.45) is 9.65. The second kappa shape index (κ2) is 23.8. The third-order valence-corrected chi connectivity index (χ3v) is 14.2. The number of piperidine rings is 1. The second-order valence-corrected chi connectivity index (χ2v) is 19.3. The van der Waals surface area contributed by atoms with Gasteiger partial charge in [0, 0.05) is 44.2 Å². The smallest absolute Gasteiger partial charge is 0.329 e. The maximum absolute atomic E-state index is 14.4. The maximum Gasteiger partial charge on any atom is 0.329 e. The number of aliphatic hydroxyl groups excluding tert-OH is 4. The zero-order valence-corrected chi connectivity index (χ0v) is 39.0. The van der Waals surface area contributed by atoms with E-state index >= 15 is 0 Å². The number of amides is 1. The molecule has 0 aromatic heterocycles. The van der Waals surface area contributed by atoms with Crippen LogP contribution in [0.4, 0.5) is 0 Å². The average Bonchev–Trinajstić information content (AvgIpc) is 3.25. The van der Waals surface area contributed by atoms with Gasteiger partial charge in [-0.1, -0.05) is 77.7 Å². The minimum Gasteiger partial charge on any atom is -0.460 e. The van der Waals surface area contributed by atoms with E-state index in [0.29, 0.717) is 63.4 Å². The van der Waals surface area contributed by atoms with E-state index in [0.717, 1.165) is 6.42 Å². The van der Waals surface area contributed by atoms with Crippen molar-refractivity contribution in [1.82, 2.24) is 4.90 Å². The van der Waals surface area contributed by atoms with Gasteiger partial charge in [0.15, 0.2) is 11.6 Å². The van der Waals surface area contributed by atoms with Crippen molar-refractivity contribution in [2.24, 2.45) is 35.5 Å². The molecule has 4 aliphatic rings. The summed E-state index contributed by atoms with van der Waals surface area (Å²) in [5.41, 5.74) is 0.734. The Morgan fingerprint density at radius 2 is 1.60 bits per heavy atom. The van der Waals surface area contributed by atoms with Crippen molar-refractivity contribution < 1.29 is 58.9 Å². The standard InChI is InChI=1S/C50H77NO12/c1-29-15-11-10-12-16-30(2)41(53)27-38-20-18-35(7)50(60,63-38)36(8)48(58)51-22-14-13-17-39(51)49(59)62-43(32(4)25-37-19-21-40(52)44(26-37)61-9)28-42(54)31(3)24-34(6)46(56)47(57)45(55)33(5)23-29/h10-12,15-16,24,29,31-33,35,37-41,43-44,46-47,52-53,56-57,60H,8,13-14,17-23,25-28H2,1-7,9H3/b12-10+,15-11+,30-16+,34-24+/t29-,31-,32-,33-,35-,37-,38+,39+,40-,41+,43+,44-,46-,47+,50-/m1/s1. The molecular formula is C50H77NO12. The number of hydrogen-bond donors (Lipinski definition) is 5. The number of carbonyl (C=O) groups excluding carboxylic acids is 4. The second-order valence-electron chi connectivity index (χ2n) is 19.3. The van der Waals surface area contributed by atoms with Gasteiger partial charge in [-0.25, -0.2) is 4.79 Å². The van der Waals surface area contributed by atoms with Gasteiger partial charge < -0.3 is 44.6 Å². The zero-order chi connectivity index (χ0) is 46.8. The van der Waals surface area contributed by atoms with Gasteiger partial charge in [-0.3, -0.25) is 14.4 Å². The summed E-state index contributed by atoms with van der Waals surface area (Å²) >= 11 is 0. The molecule has 4 rings (SSSR count). The van der Waals surface area contributed by atoms with E-state index in [1.54, 1.807) is 53.9 Å². The minimum absolute atomic E-state index is 0.0403. The van der Waals surface area contributed by atoms with Crippen LogP contribution < -0.4 is 0 Å². The largest absolute Gasteiger partial charge is 0.460 e. The summed E-state index contributed by atoms with van der Waals surface area (Å²) in [6, 6.07) is -1.01. The topological polar surface area (TPSA) is 200 Å². The highest BCUT2D eigenvalue weighted by Crippen LogP contribution is 2.40. The number of fused-ring (bicyclic) bond motifs is 3. The molecule has 3 aliphatic heterocycles. The van der Waals surface area contributed by atoms with E-state index < -0.39 is 83.9 Å². The van der Waals surface area contributed by atoms with Crippen molar-refractivity contribution in [2.75, 3.05) is 13.7 Å². The third kappa shape index (κ3) is 13.9. The molecule has 1 aliphatic carbocycles. The van der Waals surface area contributed by atoms with Gasteiger partial charge in [0.1, 0.15) is 30.1 Å². The van der Waals surface area contributed by atoms with Crippen molar-refractivity contribution in [3.05, 3.63) is 59.8 Å². The molecule has 0 spiro atoms. The van der Waals surface area contributed by atoms with Crippen molar-refractivity contribution in [3.63, 3.8) is 0 Å². The molecule has 2 saturated heterocycles.